The van der Waals surface area contributed by atoms with E-state index in [9.17, 15) is 0 Å². The van der Waals surface area contributed by atoms with Gasteiger partial charge < -0.3 is 14.0 Å². The quantitative estimate of drug-likeness (QED) is 0.209. The predicted octanol–water partition coefficient (Wildman–Crippen LogP) is 8.42. The highest BCUT2D eigenvalue weighted by atomic mass is 31.1. The van der Waals surface area contributed by atoms with E-state index in [4.69, 9.17) is 9.47 Å². The van der Waals surface area contributed by atoms with Gasteiger partial charge in [-0.05, 0) is 54.1 Å². The van der Waals surface area contributed by atoms with E-state index >= 15 is 0 Å². The first-order chi connectivity index (χ1) is 19.8. The van der Waals surface area contributed by atoms with Crippen LogP contribution in [0, 0.1) is 0 Å². The molecule has 6 aromatic carbocycles. The maximum Gasteiger partial charge on any atom is 0.147 e. The molecule has 0 radical (unpaired) electrons. The highest BCUT2D eigenvalue weighted by Crippen LogP contribution is 2.54. The van der Waals surface area contributed by atoms with Gasteiger partial charge in [0.15, 0.2) is 0 Å². The molecule has 1 unspecified atom stereocenters. The number of benzene rings is 6. The summed E-state index contributed by atoms with van der Waals surface area (Å²) >= 11 is 0. The highest BCUT2D eigenvalue weighted by molar-refractivity contribution is 7.80. The summed E-state index contributed by atoms with van der Waals surface area (Å²) in [6, 6.07) is 47.2. The van der Waals surface area contributed by atoms with Crippen molar-refractivity contribution < 1.29 is 9.47 Å². The number of hydrogen-bond donors (Lipinski definition) is 0. The Hall–Kier alpha value is -4.85. The van der Waals surface area contributed by atoms with Crippen LogP contribution in [0.2, 0.25) is 0 Å². The monoisotopic (exact) mass is 531 g/mol. The summed E-state index contributed by atoms with van der Waals surface area (Å²) in [7, 11) is -0.806. The van der Waals surface area contributed by atoms with Gasteiger partial charge in [-0.25, -0.2) is 0 Å². The van der Waals surface area contributed by atoms with Gasteiger partial charge in [-0.2, -0.15) is 0 Å². The lowest BCUT2D eigenvalue weighted by Crippen LogP contribution is -2.32. The highest BCUT2D eigenvalue weighted by Gasteiger charge is 2.38. The molecule has 2 aliphatic rings. The average molecular weight is 532 g/mol. The Morgan fingerprint density at radius 3 is 2.00 bits per heavy atom. The van der Waals surface area contributed by atoms with Gasteiger partial charge in [0.2, 0.25) is 0 Å². The molecule has 188 valence electrons. The third-order valence-corrected chi connectivity index (χ3v) is 10.5. The van der Waals surface area contributed by atoms with Crippen LogP contribution in [0.4, 0.5) is 0 Å². The zero-order valence-corrected chi connectivity index (χ0v) is 22.3. The Balaban J connectivity index is 1.31. The van der Waals surface area contributed by atoms with Crippen molar-refractivity contribution in [3.8, 4) is 39.8 Å². The molecule has 0 saturated carbocycles. The summed E-state index contributed by atoms with van der Waals surface area (Å²) in [5.74, 6) is 3.65. The molecule has 40 heavy (non-hydrogen) atoms. The van der Waals surface area contributed by atoms with Crippen LogP contribution >= 0.6 is 7.92 Å². The van der Waals surface area contributed by atoms with Gasteiger partial charge in [0.05, 0.1) is 16.3 Å². The average Bonchev–Trinajstić information content (AvgIpc) is 3.35. The Bertz CT molecular complexity index is 2120. The molecule has 0 saturated heterocycles. The van der Waals surface area contributed by atoms with Crippen LogP contribution in [0.1, 0.15) is 0 Å². The van der Waals surface area contributed by atoms with Crippen LogP contribution in [0.3, 0.4) is 0 Å². The number of aromatic nitrogens is 1. The molecule has 2 aliphatic heterocycles. The number of nitrogens with zero attached hydrogens (tertiary/aromatic N) is 1. The Labute approximate surface area is 232 Å². The molecular formula is C36H22NO2P. The summed E-state index contributed by atoms with van der Waals surface area (Å²) in [6.45, 7) is 0. The van der Waals surface area contributed by atoms with Gasteiger partial charge in [-0.1, -0.05) is 84.9 Å². The standard InChI is InChI=1S/C36H22NO2P/c1-2-10-24(11-3-1)37-28-13-5-4-12-26(28)27-19-18-23(22-29(27)37)25-20-21-32-36-35(25)39-31-15-7-9-17-34(31)40(36)33-16-8-6-14-30(33)38-32/h1-22H. The fraction of sp³-hybridized carbons (Fsp3) is 0. The Kier molecular flexibility index (Phi) is 4.58. The van der Waals surface area contributed by atoms with Gasteiger partial charge in [0, 0.05) is 40.6 Å². The van der Waals surface area contributed by atoms with E-state index < -0.39 is 7.92 Å². The molecule has 0 fully saturated rings. The van der Waals surface area contributed by atoms with E-state index in [1.807, 2.05) is 6.07 Å². The molecule has 0 amide bonds. The largest absolute Gasteiger partial charge is 0.456 e. The SMILES string of the molecule is c1ccc(-n2c3ccccc3c3ccc(-c4ccc5c6c4Oc4ccccc4P6c4ccccc4O5)cc32)cc1. The fourth-order valence-electron chi connectivity index (χ4n) is 6.23. The van der Waals surface area contributed by atoms with Crippen LogP contribution in [0.5, 0.6) is 23.0 Å². The molecule has 4 heteroatoms. The maximum absolute atomic E-state index is 6.74. The van der Waals surface area contributed by atoms with E-state index in [1.54, 1.807) is 0 Å². The van der Waals surface area contributed by atoms with Crippen LogP contribution in [0.15, 0.2) is 133 Å². The van der Waals surface area contributed by atoms with Crippen molar-refractivity contribution in [3.63, 3.8) is 0 Å². The molecule has 7 aromatic rings. The van der Waals surface area contributed by atoms with E-state index in [0.29, 0.717) is 0 Å². The molecule has 1 atom stereocenters. The van der Waals surface area contributed by atoms with Crippen molar-refractivity contribution in [1.82, 2.24) is 4.57 Å². The van der Waals surface area contributed by atoms with Crippen molar-refractivity contribution in [2.75, 3.05) is 0 Å². The predicted molar refractivity (Wildman–Crippen MR) is 165 cm³/mol. The van der Waals surface area contributed by atoms with Gasteiger partial charge in [-0.15, -0.1) is 0 Å². The lowest BCUT2D eigenvalue weighted by Gasteiger charge is -2.35. The van der Waals surface area contributed by atoms with Crippen molar-refractivity contribution in [1.29, 1.82) is 0 Å². The second kappa shape index (κ2) is 8.32. The summed E-state index contributed by atoms with van der Waals surface area (Å²) in [5, 5.41) is 6.12. The molecule has 0 N–H and O–H groups in total. The summed E-state index contributed by atoms with van der Waals surface area (Å²) in [5.41, 5.74) is 5.73. The van der Waals surface area contributed by atoms with E-state index in [1.165, 1.54) is 32.4 Å². The molecule has 1 aromatic heterocycles. The van der Waals surface area contributed by atoms with Gasteiger partial charge in [0.25, 0.3) is 0 Å². The van der Waals surface area contributed by atoms with Gasteiger partial charge in [0.1, 0.15) is 23.0 Å². The number of hydrogen-bond acceptors (Lipinski definition) is 2. The van der Waals surface area contributed by atoms with E-state index in [0.717, 1.165) is 45.1 Å². The van der Waals surface area contributed by atoms with Crippen molar-refractivity contribution in [2.24, 2.45) is 0 Å². The third-order valence-electron chi connectivity index (χ3n) is 7.96. The smallest absolute Gasteiger partial charge is 0.147 e. The van der Waals surface area contributed by atoms with Crippen LogP contribution in [0.25, 0.3) is 38.6 Å². The zero-order valence-electron chi connectivity index (χ0n) is 21.4. The summed E-state index contributed by atoms with van der Waals surface area (Å²) in [4.78, 5) is 0. The Morgan fingerprint density at radius 1 is 0.500 bits per heavy atom. The molecular weight excluding hydrogens is 509 g/mol. The lowest BCUT2D eigenvalue weighted by molar-refractivity contribution is 0.467. The third kappa shape index (κ3) is 3.04. The van der Waals surface area contributed by atoms with Crippen LogP contribution < -0.4 is 25.4 Å². The molecule has 3 heterocycles. The molecule has 0 bridgehead atoms. The Morgan fingerprint density at radius 2 is 1.18 bits per heavy atom. The lowest BCUT2D eigenvalue weighted by atomic mass is 10.0. The molecule has 9 rings (SSSR count). The van der Waals surface area contributed by atoms with Crippen LogP contribution in [-0.2, 0) is 0 Å². The number of para-hydroxylation sites is 4. The van der Waals surface area contributed by atoms with Crippen molar-refractivity contribution in [2.45, 2.75) is 0 Å². The molecule has 0 aliphatic carbocycles. The minimum absolute atomic E-state index is 0.806. The van der Waals surface area contributed by atoms with E-state index in [-0.39, 0.29) is 0 Å². The second-order valence-electron chi connectivity index (χ2n) is 10.2. The first kappa shape index (κ1) is 22.0. The molecule has 3 nitrogen and oxygen atoms in total. The van der Waals surface area contributed by atoms with Crippen molar-refractivity contribution in [3.05, 3.63) is 133 Å². The number of ether oxygens (including phenoxy) is 2. The molecule has 0 spiro atoms. The normalized spacial score (nSPS) is 14.7. The van der Waals surface area contributed by atoms with Gasteiger partial charge in [-0.3, -0.25) is 0 Å². The zero-order chi connectivity index (χ0) is 26.2. The van der Waals surface area contributed by atoms with Crippen LogP contribution in [-0.4, -0.2) is 4.57 Å². The summed E-state index contributed by atoms with van der Waals surface area (Å²) < 4.78 is 15.6. The first-order valence-corrected chi connectivity index (χ1v) is 14.8. The number of fused-ring (bicyclic) bond motifs is 7. The number of rotatable bonds is 2. The second-order valence-corrected chi connectivity index (χ2v) is 12.3. The maximum atomic E-state index is 6.74. The minimum atomic E-state index is -0.806. The summed E-state index contributed by atoms with van der Waals surface area (Å²) in [6.07, 6.45) is 0. The van der Waals surface area contributed by atoms with Gasteiger partial charge >= 0.3 is 0 Å². The van der Waals surface area contributed by atoms with E-state index in [2.05, 4.69) is 132 Å². The topological polar surface area (TPSA) is 23.4 Å². The first-order valence-electron chi connectivity index (χ1n) is 13.4. The van der Waals surface area contributed by atoms with Crippen molar-refractivity contribution >= 4 is 45.6 Å². The fourth-order valence-corrected chi connectivity index (χ4v) is 8.83. The minimum Gasteiger partial charge on any atom is -0.456 e.